The fourth-order valence-electron chi connectivity index (χ4n) is 3.49. The summed E-state index contributed by atoms with van der Waals surface area (Å²) in [5.41, 5.74) is 3.96. The molecule has 0 saturated carbocycles. The van der Waals surface area contributed by atoms with Gasteiger partial charge in [0.15, 0.2) is 0 Å². The maximum Gasteiger partial charge on any atom is 0.416 e. The summed E-state index contributed by atoms with van der Waals surface area (Å²) in [5.74, 6) is -0.245. The summed E-state index contributed by atoms with van der Waals surface area (Å²) in [6, 6.07) is 10.6. The molecule has 2 heterocycles. The quantitative estimate of drug-likeness (QED) is 0.673. The molecule has 0 unspecified atom stereocenters. The molecule has 1 amide bonds. The number of rotatable bonds is 1. The lowest BCUT2D eigenvalue weighted by molar-refractivity contribution is -0.137. The first-order chi connectivity index (χ1) is 12.3. The smallest absolute Gasteiger partial charge is 0.358 e. The Morgan fingerprint density at radius 2 is 1.85 bits per heavy atom. The molecule has 3 aromatic rings. The normalized spacial score (nSPS) is 14.5. The van der Waals surface area contributed by atoms with Gasteiger partial charge in [-0.05, 0) is 42.8 Å². The number of nitrogens with zero attached hydrogens (tertiary/aromatic N) is 1. The minimum absolute atomic E-state index is 0.245. The number of fused-ring (bicyclic) bond motifs is 3. The van der Waals surface area contributed by atoms with Crippen LogP contribution >= 0.6 is 0 Å². The van der Waals surface area contributed by atoms with Crippen LogP contribution in [0.15, 0.2) is 42.5 Å². The van der Waals surface area contributed by atoms with Crippen LogP contribution < -0.4 is 0 Å². The van der Waals surface area contributed by atoms with Gasteiger partial charge in [0.05, 0.1) is 5.56 Å². The zero-order chi connectivity index (χ0) is 18.5. The minimum atomic E-state index is -4.40. The second kappa shape index (κ2) is 5.90. The number of hydrogen-bond donors (Lipinski definition) is 1. The van der Waals surface area contributed by atoms with Crippen molar-refractivity contribution in [2.24, 2.45) is 0 Å². The molecule has 4 rings (SSSR count). The van der Waals surface area contributed by atoms with E-state index in [0.29, 0.717) is 19.5 Å². The number of hydrogen-bond acceptors (Lipinski definition) is 1. The van der Waals surface area contributed by atoms with Crippen LogP contribution in [0.4, 0.5) is 13.2 Å². The Bertz CT molecular complexity index is 987. The van der Waals surface area contributed by atoms with Crippen LogP contribution in [0.2, 0.25) is 0 Å². The predicted molar refractivity (Wildman–Crippen MR) is 92.9 cm³/mol. The summed E-state index contributed by atoms with van der Waals surface area (Å²) in [5, 5.41) is 1.09. The second-order valence-electron chi connectivity index (χ2n) is 6.68. The Kier molecular flexibility index (Phi) is 3.79. The predicted octanol–water partition coefficient (Wildman–Crippen LogP) is 4.69. The van der Waals surface area contributed by atoms with Crippen molar-refractivity contribution in [1.82, 2.24) is 9.88 Å². The van der Waals surface area contributed by atoms with Crippen molar-refractivity contribution in [2.45, 2.75) is 26.1 Å². The molecule has 1 aliphatic rings. The minimum Gasteiger partial charge on any atom is -0.358 e. The number of nitrogens with one attached hydrogen (secondary N) is 1. The van der Waals surface area contributed by atoms with E-state index in [1.807, 2.05) is 19.1 Å². The third kappa shape index (κ3) is 2.85. The molecule has 3 nitrogen and oxygen atoms in total. The van der Waals surface area contributed by atoms with Crippen molar-refractivity contribution < 1.29 is 18.0 Å². The van der Waals surface area contributed by atoms with E-state index in [1.54, 1.807) is 4.90 Å². The Hall–Kier alpha value is -2.76. The molecule has 0 bridgehead atoms. The summed E-state index contributed by atoms with van der Waals surface area (Å²) in [4.78, 5) is 17.8. The lowest BCUT2D eigenvalue weighted by Crippen LogP contribution is -2.35. The lowest BCUT2D eigenvalue weighted by atomic mass is 10.0. The van der Waals surface area contributed by atoms with Gasteiger partial charge in [-0.15, -0.1) is 0 Å². The summed E-state index contributed by atoms with van der Waals surface area (Å²) >= 11 is 0. The van der Waals surface area contributed by atoms with E-state index in [0.717, 1.165) is 39.9 Å². The highest BCUT2D eigenvalue weighted by atomic mass is 19.4. The zero-order valence-corrected chi connectivity index (χ0v) is 14.2. The van der Waals surface area contributed by atoms with Crippen molar-refractivity contribution >= 4 is 16.8 Å². The Labute approximate surface area is 148 Å². The van der Waals surface area contributed by atoms with Crippen molar-refractivity contribution in [3.05, 3.63) is 70.4 Å². The van der Waals surface area contributed by atoms with Crippen LogP contribution in [0, 0.1) is 6.92 Å². The number of carbonyl (C=O) groups excluding carboxylic acids is 1. The van der Waals surface area contributed by atoms with E-state index in [2.05, 4.69) is 11.1 Å². The standard InChI is InChI=1S/C20H17F3N2O/c1-12-2-7-15-16-11-25(9-8-17(16)24-18(15)10-12)19(26)13-3-5-14(6-4-13)20(21,22)23/h2-7,10,24H,8-9,11H2,1H3. The largest absolute Gasteiger partial charge is 0.416 e. The zero-order valence-electron chi connectivity index (χ0n) is 14.2. The van der Waals surface area contributed by atoms with Crippen LogP contribution in [-0.2, 0) is 19.1 Å². The van der Waals surface area contributed by atoms with Gasteiger partial charge in [-0.1, -0.05) is 12.1 Å². The van der Waals surface area contributed by atoms with E-state index in [9.17, 15) is 18.0 Å². The molecule has 1 aromatic heterocycles. The van der Waals surface area contributed by atoms with Gasteiger partial charge in [0.25, 0.3) is 5.91 Å². The molecule has 1 aliphatic heterocycles. The van der Waals surface area contributed by atoms with Gasteiger partial charge in [0.1, 0.15) is 0 Å². The number of aromatic amines is 1. The van der Waals surface area contributed by atoms with Crippen LogP contribution in [0.25, 0.3) is 10.9 Å². The molecule has 0 fully saturated rings. The molecule has 2 aromatic carbocycles. The lowest BCUT2D eigenvalue weighted by Gasteiger charge is -2.27. The van der Waals surface area contributed by atoms with Crippen LogP contribution in [0.5, 0.6) is 0 Å². The van der Waals surface area contributed by atoms with Crippen LogP contribution in [0.3, 0.4) is 0 Å². The number of amides is 1. The van der Waals surface area contributed by atoms with Crippen LogP contribution in [0.1, 0.15) is 32.7 Å². The monoisotopic (exact) mass is 358 g/mol. The van der Waals surface area contributed by atoms with E-state index in [-0.39, 0.29) is 11.5 Å². The van der Waals surface area contributed by atoms with Gasteiger partial charge < -0.3 is 9.88 Å². The van der Waals surface area contributed by atoms with Crippen molar-refractivity contribution in [3.8, 4) is 0 Å². The average molecular weight is 358 g/mol. The number of halogens is 3. The second-order valence-corrected chi connectivity index (χ2v) is 6.68. The van der Waals surface area contributed by atoms with E-state index >= 15 is 0 Å². The molecular weight excluding hydrogens is 341 g/mol. The maximum atomic E-state index is 12.7. The van der Waals surface area contributed by atoms with Crippen LogP contribution in [-0.4, -0.2) is 22.3 Å². The molecule has 1 N–H and O–H groups in total. The van der Waals surface area contributed by atoms with Gasteiger partial charge in [0.2, 0.25) is 0 Å². The summed E-state index contributed by atoms with van der Waals surface area (Å²) in [6.07, 6.45) is -3.70. The third-order valence-corrected chi connectivity index (χ3v) is 4.88. The number of aryl methyl sites for hydroxylation is 1. The topological polar surface area (TPSA) is 36.1 Å². The number of benzene rings is 2. The molecule has 0 saturated heterocycles. The number of alkyl halides is 3. The third-order valence-electron chi connectivity index (χ3n) is 4.88. The van der Waals surface area contributed by atoms with Crippen molar-refractivity contribution in [3.63, 3.8) is 0 Å². The first kappa shape index (κ1) is 16.7. The van der Waals surface area contributed by atoms with Gasteiger partial charge >= 0.3 is 6.18 Å². The van der Waals surface area contributed by atoms with E-state index < -0.39 is 11.7 Å². The average Bonchev–Trinajstić information content (AvgIpc) is 2.97. The first-order valence-corrected chi connectivity index (χ1v) is 8.39. The molecule has 134 valence electrons. The number of carbonyl (C=O) groups is 1. The number of aromatic nitrogens is 1. The highest BCUT2D eigenvalue weighted by molar-refractivity contribution is 5.95. The molecule has 0 aliphatic carbocycles. The molecular formula is C20H17F3N2O. The fourth-order valence-corrected chi connectivity index (χ4v) is 3.49. The molecule has 0 spiro atoms. The number of H-pyrrole nitrogens is 1. The SMILES string of the molecule is Cc1ccc2c3c([nH]c2c1)CCN(C(=O)c1ccc(C(F)(F)F)cc1)C3. The Balaban J connectivity index is 1.60. The van der Waals surface area contributed by atoms with Gasteiger partial charge in [-0.3, -0.25) is 4.79 Å². The summed E-state index contributed by atoms with van der Waals surface area (Å²) in [6.45, 7) is 3.02. The molecule has 0 radical (unpaired) electrons. The Morgan fingerprint density at radius 1 is 1.12 bits per heavy atom. The maximum absolute atomic E-state index is 12.7. The van der Waals surface area contributed by atoms with E-state index in [4.69, 9.17) is 0 Å². The van der Waals surface area contributed by atoms with Crippen molar-refractivity contribution in [2.75, 3.05) is 6.54 Å². The highest BCUT2D eigenvalue weighted by Crippen LogP contribution is 2.31. The summed E-state index contributed by atoms with van der Waals surface area (Å²) < 4.78 is 38.0. The highest BCUT2D eigenvalue weighted by Gasteiger charge is 2.31. The fraction of sp³-hybridized carbons (Fsp3) is 0.250. The Morgan fingerprint density at radius 3 is 2.54 bits per heavy atom. The van der Waals surface area contributed by atoms with Gasteiger partial charge in [-0.2, -0.15) is 13.2 Å². The molecule has 0 atom stereocenters. The van der Waals surface area contributed by atoms with Gasteiger partial charge in [-0.25, -0.2) is 0 Å². The van der Waals surface area contributed by atoms with E-state index in [1.165, 1.54) is 12.1 Å². The van der Waals surface area contributed by atoms with Gasteiger partial charge in [0, 0.05) is 47.2 Å². The molecule has 26 heavy (non-hydrogen) atoms. The van der Waals surface area contributed by atoms with Crippen molar-refractivity contribution in [1.29, 1.82) is 0 Å². The molecule has 6 heteroatoms. The first-order valence-electron chi connectivity index (χ1n) is 8.39. The summed E-state index contributed by atoms with van der Waals surface area (Å²) in [7, 11) is 0.